The number of rotatable bonds is 16. The Morgan fingerprint density at radius 2 is 1.69 bits per heavy atom. The molecule has 0 spiro atoms. The standard InChI is InChI=1S/C20H35NO5/c1-3-15-20(21-2)19(26-20)17(23)13-9-6-8-12-16(22)11-7-4-5-10-14-18(24)25/h3,15,17,19,23H,2,4-14,21H2,1H3,(H,24,25). The number of aliphatic carboxylic acids is 1. The van der Waals surface area contributed by atoms with E-state index in [0.717, 1.165) is 38.5 Å². The molecule has 150 valence electrons. The Balaban J connectivity index is 1.98. The van der Waals surface area contributed by atoms with Gasteiger partial charge in [0.25, 0.3) is 0 Å². The minimum atomic E-state index is -0.753. The fraction of sp³-hybridized carbons (Fsp3) is 0.750. The van der Waals surface area contributed by atoms with Crippen molar-refractivity contribution in [2.75, 3.05) is 0 Å². The Labute approximate surface area is 157 Å². The van der Waals surface area contributed by atoms with E-state index in [-0.39, 0.29) is 18.3 Å². The van der Waals surface area contributed by atoms with Crippen LogP contribution in [-0.2, 0) is 14.3 Å². The summed E-state index contributed by atoms with van der Waals surface area (Å²) < 4.78 is 5.59. The van der Waals surface area contributed by atoms with Gasteiger partial charge < -0.3 is 20.3 Å². The van der Waals surface area contributed by atoms with Crippen molar-refractivity contribution < 1.29 is 29.9 Å². The predicted octanol–water partition coefficient (Wildman–Crippen LogP) is 2.32. The second-order valence-electron chi connectivity index (χ2n) is 7.11. The number of ketones is 1. The van der Waals surface area contributed by atoms with Crippen molar-refractivity contribution in [3.63, 3.8) is 0 Å². The predicted molar refractivity (Wildman–Crippen MR) is 99.1 cm³/mol. The van der Waals surface area contributed by atoms with E-state index < -0.39 is 17.8 Å². The number of carboxylic acids is 1. The number of ether oxygens (including phenoxy) is 1. The Morgan fingerprint density at radius 3 is 2.23 bits per heavy atom. The minimum absolute atomic E-state index is 0.195. The van der Waals surface area contributed by atoms with E-state index in [1.54, 1.807) is 5.32 Å². The van der Waals surface area contributed by atoms with Crippen LogP contribution in [0.15, 0.2) is 12.2 Å². The molecule has 1 fully saturated rings. The van der Waals surface area contributed by atoms with Crippen molar-refractivity contribution in [3.05, 3.63) is 19.2 Å². The highest BCUT2D eigenvalue weighted by molar-refractivity contribution is 5.78. The third kappa shape index (κ3) is 8.43. The number of quaternary nitrogens is 1. The topological polar surface area (TPSA) is 104 Å². The van der Waals surface area contributed by atoms with Crippen LogP contribution in [0.5, 0.6) is 0 Å². The lowest BCUT2D eigenvalue weighted by Gasteiger charge is -2.11. The largest absolute Gasteiger partial charge is 0.481 e. The highest BCUT2D eigenvalue weighted by Crippen LogP contribution is 2.35. The summed E-state index contributed by atoms with van der Waals surface area (Å²) in [5, 5.41) is 20.5. The van der Waals surface area contributed by atoms with Crippen LogP contribution in [0.3, 0.4) is 0 Å². The summed E-state index contributed by atoms with van der Waals surface area (Å²) in [6.45, 7) is 1.92. The molecular weight excluding hydrogens is 334 g/mol. The van der Waals surface area contributed by atoms with Crippen LogP contribution in [0.2, 0.25) is 0 Å². The van der Waals surface area contributed by atoms with Gasteiger partial charge in [-0.25, -0.2) is 0 Å². The van der Waals surface area contributed by atoms with Crippen LogP contribution in [0.25, 0.3) is 0 Å². The first-order valence-corrected chi connectivity index (χ1v) is 9.82. The number of aliphatic hydroxyl groups is 1. The Hall–Kier alpha value is -1.24. The molecule has 0 bridgehead atoms. The van der Waals surface area contributed by atoms with E-state index in [1.165, 1.54) is 0 Å². The molecule has 3 atom stereocenters. The van der Waals surface area contributed by atoms with Crippen LogP contribution in [0, 0.1) is 7.05 Å². The number of allylic oxidation sites excluding steroid dienone is 1. The molecule has 0 radical (unpaired) electrons. The third-order valence-electron chi connectivity index (χ3n) is 4.87. The van der Waals surface area contributed by atoms with Gasteiger partial charge >= 0.3 is 5.97 Å². The number of carbonyl (C=O) groups excluding carboxylic acids is 1. The first-order chi connectivity index (χ1) is 12.4. The smallest absolute Gasteiger partial charge is 0.303 e. The van der Waals surface area contributed by atoms with Gasteiger partial charge in [-0.05, 0) is 32.6 Å². The Morgan fingerprint density at radius 1 is 1.12 bits per heavy atom. The lowest BCUT2D eigenvalue weighted by Crippen LogP contribution is -2.87. The van der Waals surface area contributed by atoms with Crippen LogP contribution >= 0.6 is 0 Å². The maximum absolute atomic E-state index is 11.8. The van der Waals surface area contributed by atoms with Crippen molar-refractivity contribution in [3.8, 4) is 0 Å². The van der Waals surface area contributed by atoms with Crippen LogP contribution in [0.4, 0.5) is 0 Å². The summed E-state index contributed by atoms with van der Waals surface area (Å²) in [5.74, 6) is -0.468. The van der Waals surface area contributed by atoms with Gasteiger partial charge in [-0.2, -0.15) is 0 Å². The summed E-state index contributed by atoms with van der Waals surface area (Å²) in [7, 11) is 3.77. The van der Waals surface area contributed by atoms with Crippen molar-refractivity contribution in [2.24, 2.45) is 0 Å². The molecule has 4 N–H and O–H groups in total. The molecular formula is C20H35NO5. The molecule has 0 aromatic heterocycles. The zero-order chi connectivity index (χ0) is 19.4. The SMILES string of the molecule is [CH2-][NH2+]C1(C=CC)OC1C(O)CCCCCC(=O)CCCCCCC(=O)O. The molecule has 3 unspecified atom stereocenters. The molecule has 0 amide bonds. The van der Waals surface area contributed by atoms with E-state index in [2.05, 4.69) is 7.05 Å². The van der Waals surface area contributed by atoms with Gasteiger partial charge in [-0.3, -0.25) is 9.59 Å². The normalized spacial score (nSPS) is 23.3. The molecule has 0 aromatic carbocycles. The molecule has 1 heterocycles. The molecule has 6 nitrogen and oxygen atoms in total. The molecule has 0 saturated carbocycles. The average molecular weight is 370 g/mol. The van der Waals surface area contributed by atoms with E-state index >= 15 is 0 Å². The molecule has 1 aliphatic rings. The van der Waals surface area contributed by atoms with Gasteiger partial charge in [0.2, 0.25) is 5.72 Å². The number of hydrogen-bond donors (Lipinski definition) is 3. The number of carboxylic acid groups (broad SMARTS) is 1. The molecule has 6 heteroatoms. The lowest BCUT2D eigenvalue weighted by molar-refractivity contribution is -0.657. The fourth-order valence-electron chi connectivity index (χ4n) is 3.27. The highest BCUT2D eigenvalue weighted by Gasteiger charge is 2.59. The number of hydrogen-bond acceptors (Lipinski definition) is 4. The minimum Gasteiger partial charge on any atom is -0.481 e. The van der Waals surface area contributed by atoms with E-state index in [0.29, 0.717) is 25.7 Å². The quantitative estimate of drug-likeness (QED) is 0.168. The Kier molecular flexibility index (Phi) is 10.7. The highest BCUT2D eigenvalue weighted by atomic mass is 16.6. The van der Waals surface area contributed by atoms with Gasteiger partial charge in [-0.15, -0.1) is 7.05 Å². The van der Waals surface area contributed by atoms with Crippen LogP contribution in [0.1, 0.15) is 77.6 Å². The number of carbonyl (C=O) groups is 2. The third-order valence-corrected chi connectivity index (χ3v) is 4.87. The summed E-state index contributed by atoms with van der Waals surface area (Å²) in [6, 6.07) is 0. The van der Waals surface area contributed by atoms with Crippen molar-refractivity contribution >= 4 is 11.8 Å². The van der Waals surface area contributed by atoms with Crippen molar-refractivity contribution in [1.82, 2.24) is 0 Å². The summed E-state index contributed by atoms with van der Waals surface area (Å²) in [5.41, 5.74) is -0.491. The van der Waals surface area contributed by atoms with E-state index in [9.17, 15) is 14.7 Å². The van der Waals surface area contributed by atoms with Crippen LogP contribution < -0.4 is 5.32 Å². The van der Waals surface area contributed by atoms with Gasteiger partial charge in [-0.1, -0.05) is 31.8 Å². The van der Waals surface area contributed by atoms with E-state index in [4.69, 9.17) is 9.84 Å². The number of unbranched alkanes of at least 4 members (excludes halogenated alkanes) is 5. The summed E-state index contributed by atoms with van der Waals surface area (Å²) in [6.07, 6.45) is 11.2. The number of Topliss-reactive ketones (excluding diaryl/α,β-unsaturated/α-hetero) is 1. The summed E-state index contributed by atoms with van der Waals surface area (Å²) in [4.78, 5) is 22.2. The molecule has 1 rings (SSSR count). The van der Waals surface area contributed by atoms with E-state index in [1.807, 2.05) is 19.1 Å². The van der Waals surface area contributed by atoms with Crippen molar-refractivity contribution in [2.45, 2.75) is 95.5 Å². The first-order valence-electron chi connectivity index (χ1n) is 9.82. The second kappa shape index (κ2) is 12.2. The molecule has 0 aromatic rings. The maximum Gasteiger partial charge on any atom is 0.303 e. The zero-order valence-corrected chi connectivity index (χ0v) is 16.0. The van der Waals surface area contributed by atoms with Crippen molar-refractivity contribution in [1.29, 1.82) is 0 Å². The maximum atomic E-state index is 11.8. The molecule has 1 saturated heterocycles. The lowest BCUT2D eigenvalue weighted by atomic mass is 10.0. The number of aliphatic hydroxyl groups excluding tert-OH is 1. The van der Waals surface area contributed by atoms with Gasteiger partial charge in [0, 0.05) is 25.3 Å². The number of epoxide rings is 1. The molecule has 0 aliphatic carbocycles. The zero-order valence-electron chi connectivity index (χ0n) is 16.0. The number of nitrogens with two attached hydrogens (primary N) is 1. The summed E-state index contributed by atoms with van der Waals surface area (Å²) >= 11 is 0. The molecule has 26 heavy (non-hydrogen) atoms. The van der Waals surface area contributed by atoms with Gasteiger partial charge in [0.1, 0.15) is 5.78 Å². The van der Waals surface area contributed by atoms with Gasteiger partial charge in [0.05, 0.1) is 6.10 Å². The Bertz CT molecular complexity index is 465. The first kappa shape index (κ1) is 22.8. The van der Waals surface area contributed by atoms with Crippen LogP contribution in [-0.4, -0.2) is 39.9 Å². The monoisotopic (exact) mass is 369 g/mol. The second-order valence-corrected chi connectivity index (χ2v) is 7.11. The van der Waals surface area contributed by atoms with Gasteiger partial charge in [0.15, 0.2) is 6.10 Å². The molecule has 1 aliphatic heterocycles. The fourth-order valence-corrected chi connectivity index (χ4v) is 3.27. The average Bonchev–Trinajstić information content (AvgIpc) is 3.32.